The van der Waals surface area contributed by atoms with Gasteiger partial charge in [-0.05, 0) is 38.0 Å². The molecule has 2 N–H and O–H groups in total. The topological polar surface area (TPSA) is 72.1 Å². The standard InChI is InChI=1S/C19H21FN4O2/c1-11-14-8-13(20)6-7-16(14)26-17(11)10-21-19(25)22-18-9-15(23-24(18)2)12-4-3-5-12/h6-9,12H,3-5,10H2,1-2H3,(H2,21,22,25). The number of hydrogen-bond donors (Lipinski definition) is 2. The molecule has 1 aliphatic carbocycles. The number of nitrogens with one attached hydrogen (secondary N) is 2. The van der Waals surface area contributed by atoms with Crippen LogP contribution in [0.15, 0.2) is 28.7 Å². The zero-order valence-corrected chi connectivity index (χ0v) is 14.8. The van der Waals surface area contributed by atoms with Crippen molar-refractivity contribution in [2.45, 2.75) is 38.6 Å². The third-order valence-corrected chi connectivity index (χ3v) is 5.07. The van der Waals surface area contributed by atoms with Crippen molar-refractivity contribution in [3.63, 3.8) is 0 Å². The number of aryl methyl sites for hydroxylation is 2. The van der Waals surface area contributed by atoms with Crippen molar-refractivity contribution in [2.24, 2.45) is 7.05 Å². The Balaban J connectivity index is 1.41. The van der Waals surface area contributed by atoms with Gasteiger partial charge in [-0.2, -0.15) is 5.10 Å². The molecule has 2 amide bonds. The van der Waals surface area contributed by atoms with Crippen LogP contribution in [-0.4, -0.2) is 15.8 Å². The van der Waals surface area contributed by atoms with Crippen LogP contribution in [0.1, 0.15) is 42.2 Å². The lowest BCUT2D eigenvalue weighted by atomic mass is 9.83. The molecule has 0 unspecified atom stereocenters. The summed E-state index contributed by atoms with van der Waals surface area (Å²) in [6, 6.07) is 5.99. The van der Waals surface area contributed by atoms with Gasteiger partial charge in [0.15, 0.2) is 0 Å². The second kappa shape index (κ2) is 6.48. The molecule has 6 nitrogen and oxygen atoms in total. The van der Waals surface area contributed by atoms with Gasteiger partial charge >= 0.3 is 6.03 Å². The Kier molecular flexibility index (Phi) is 4.14. The zero-order valence-electron chi connectivity index (χ0n) is 14.8. The van der Waals surface area contributed by atoms with Gasteiger partial charge in [-0.3, -0.25) is 10.00 Å². The van der Waals surface area contributed by atoms with Crippen LogP contribution < -0.4 is 10.6 Å². The van der Waals surface area contributed by atoms with E-state index in [9.17, 15) is 9.18 Å². The molecule has 1 fully saturated rings. The average molecular weight is 356 g/mol. The first-order chi connectivity index (χ1) is 12.5. The SMILES string of the molecule is Cc1c(CNC(=O)Nc2cc(C3CCC3)nn2C)oc2ccc(F)cc12. The maximum atomic E-state index is 13.4. The highest BCUT2D eigenvalue weighted by Gasteiger charge is 2.23. The normalized spacial score (nSPS) is 14.4. The number of aromatic nitrogens is 2. The van der Waals surface area contributed by atoms with E-state index >= 15 is 0 Å². The van der Waals surface area contributed by atoms with E-state index in [1.165, 1.54) is 18.6 Å². The molecule has 3 aromatic rings. The van der Waals surface area contributed by atoms with Crippen molar-refractivity contribution in [3.8, 4) is 0 Å². The van der Waals surface area contributed by atoms with Gasteiger partial charge in [0.05, 0.1) is 12.2 Å². The number of urea groups is 1. The number of benzene rings is 1. The minimum absolute atomic E-state index is 0.224. The van der Waals surface area contributed by atoms with Crippen LogP contribution in [-0.2, 0) is 13.6 Å². The number of halogens is 1. The Bertz CT molecular complexity index is 971. The van der Waals surface area contributed by atoms with Crippen LogP contribution in [0.5, 0.6) is 0 Å². The molecule has 0 bridgehead atoms. The lowest BCUT2D eigenvalue weighted by Gasteiger charge is -2.22. The summed E-state index contributed by atoms with van der Waals surface area (Å²) in [6.07, 6.45) is 3.56. The first-order valence-corrected chi connectivity index (χ1v) is 8.77. The molecule has 0 spiro atoms. The highest BCUT2D eigenvalue weighted by Crippen LogP contribution is 2.36. The van der Waals surface area contributed by atoms with Gasteiger partial charge in [-0.15, -0.1) is 0 Å². The molecule has 0 radical (unpaired) electrons. The Morgan fingerprint density at radius 3 is 2.92 bits per heavy atom. The summed E-state index contributed by atoms with van der Waals surface area (Å²) in [5.41, 5.74) is 2.47. The third kappa shape index (κ3) is 3.05. The quantitative estimate of drug-likeness (QED) is 0.736. The van der Waals surface area contributed by atoms with E-state index < -0.39 is 0 Å². The predicted octanol–water partition coefficient (Wildman–Crippen LogP) is 4.20. The molecular formula is C19H21FN4O2. The summed E-state index contributed by atoms with van der Waals surface area (Å²) in [5, 5.41) is 10.8. The number of rotatable bonds is 4. The Morgan fingerprint density at radius 1 is 1.38 bits per heavy atom. The number of hydrogen-bond acceptors (Lipinski definition) is 3. The Hall–Kier alpha value is -2.83. The van der Waals surface area contributed by atoms with Crippen molar-refractivity contribution in [1.82, 2.24) is 15.1 Å². The number of amides is 2. The van der Waals surface area contributed by atoms with E-state index in [0.29, 0.717) is 23.1 Å². The first kappa shape index (κ1) is 16.6. The largest absolute Gasteiger partial charge is 0.459 e. The number of nitrogens with zero attached hydrogens (tertiary/aromatic N) is 2. The van der Waals surface area contributed by atoms with E-state index in [1.54, 1.807) is 10.7 Å². The van der Waals surface area contributed by atoms with Gasteiger partial charge in [0, 0.05) is 30.0 Å². The van der Waals surface area contributed by atoms with Crippen molar-refractivity contribution in [2.75, 3.05) is 5.32 Å². The molecule has 0 aliphatic heterocycles. The smallest absolute Gasteiger partial charge is 0.320 e. The molecule has 2 aromatic heterocycles. The summed E-state index contributed by atoms with van der Waals surface area (Å²) in [4.78, 5) is 12.2. The van der Waals surface area contributed by atoms with E-state index in [4.69, 9.17) is 4.42 Å². The van der Waals surface area contributed by atoms with E-state index in [2.05, 4.69) is 15.7 Å². The number of fused-ring (bicyclic) bond motifs is 1. The van der Waals surface area contributed by atoms with E-state index in [-0.39, 0.29) is 18.4 Å². The summed E-state index contributed by atoms with van der Waals surface area (Å²) < 4.78 is 20.8. The summed E-state index contributed by atoms with van der Waals surface area (Å²) >= 11 is 0. The van der Waals surface area contributed by atoms with Crippen LogP contribution in [0, 0.1) is 12.7 Å². The van der Waals surface area contributed by atoms with Gasteiger partial charge in [0.2, 0.25) is 0 Å². The van der Waals surface area contributed by atoms with Gasteiger partial charge in [-0.1, -0.05) is 6.42 Å². The highest BCUT2D eigenvalue weighted by atomic mass is 19.1. The second-order valence-corrected chi connectivity index (χ2v) is 6.80. The molecule has 0 saturated heterocycles. The number of anilines is 1. The lowest BCUT2D eigenvalue weighted by Crippen LogP contribution is -2.29. The summed E-state index contributed by atoms with van der Waals surface area (Å²) in [7, 11) is 1.82. The fourth-order valence-corrected chi connectivity index (χ4v) is 3.24. The maximum Gasteiger partial charge on any atom is 0.320 e. The van der Waals surface area contributed by atoms with Crippen LogP contribution >= 0.6 is 0 Å². The maximum absolute atomic E-state index is 13.4. The number of carbonyl (C=O) groups excluding carboxylic acids is 1. The summed E-state index contributed by atoms with van der Waals surface area (Å²) in [6.45, 7) is 2.08. The minimum Gasteiger partial charge on any atom is -0.459 e. The fraction of sp³-hybridized carbons (Fsp3) is 0.368. The fourth-order valence-electron chi connectivity index (χ4n) is 3.24. The number of furan rings is 1. The average Bonchev–Trinajstić information content (AvgIpc) is 3.05. The predicted molar refractivity (Wildman–Crippen MR) is 96.6 cm³/mol. The minimum atomic E-state index is -0.334. The van der Waals surface area contributed by atoms with Crippen molar-refractivity contribution >= 4 is 22.8 Å². The summed E-state index contributed by atoms with van der Waals surface area (Å²) in [5.74, 6) is 1.48. The van der Waals surface area contributed by atoms with Crippen LogP contribution in [0.3, 0.4) is 0 Å². The molecule has 136 valence electrons. The van der Waals surface area contributed by atoms with Crippen LogP contribution in [0.25, 0.3) is 11.0 Å². The van der Waals surface area contributed by atoms with Crippen LogP contribution in [0.4, 0.5) is 15.0 Å². The highest BCUT2D eigenvalue weighted by molar-refractivity contribution is 5.88. The third-order valence-electron chi connectivity index (χ3n) is 5.07. The van der Waals surface area contributed by atoms with Gasteiger partial charge in [0.25, 0.3) is 0 Å². The molecule has 7 heteroatoms. The second-order valence-electron chi connectivity index (χ2n) is 6.80. The zero-order chi connectivity index (χ0) is 18.3. The van der Waals surface area contributed by atoms with Gasteiger partial charge in [-0.25, -0.2) is 9.18 Å². The van der Waals surface area contributed by atoms with Crippen molar-refractivity contribution < 1.29 is 13.6 Å². The first-order valence-electron chi connectivity index (χ1n) is 8.77. The van der Waals surface area contributed by atoms with E-state index in [0.717, 1.165) is 29.5 Å². The molecule has 1 saturated carbocycles. The lowest BCUT2D eigenvalue weighted by molar-refractivity contribution is 0.250. The Morgan fingerprint density at radius 2 is 2.19 bits per heavy atom. The molecule has 26 heavy (non-hydrogen) atoms. The Labute approximate surface area is 150 Å². The molecule has 1 aromatic carbocycles. The van der Waals surface area contributed by atoms with E-state index in [1.807, 2.05) is 20.0 Å². The molecule has 0 atom stereocenters. The molecular weight excluding hydrogens is 335 g/mol. The van der Waals surface area contributed by atoms with Crippen molar-refractivity contribution in [3.05, 3.63) is 47.1 Å². The molecule has 2 heterocycles. The monoisotopic (exact) mass is 356 g/mol. The van der Waals surface area contributed by atoms with Gasteiger partial charge < -0.3 is 9.73 Å². The van der Waals surface area contributed by atoms with Crippen LogP contribution in [0.2, 0.25) is 0 Å². The number of carbonyl (C=O) groups is 1. The molecule has 4 rings (SSSR count). The van der Waals surface area contributed by atoms with Crippen molar-refractivity contribution in [1.29, 1.82) is 0 Å². The molecule has 1 aliphatic rings. The van der Waals surface area contributed by atoms with Gasteiger partial charge in [0.1, 0.15) is 23.0 Å².